The smallest absolute Gasteiger partial charge is 0.00130 e. The van der Waals surface area contributed by atoms with Crippen LogP contribution >= 0.6 is 0 Å². The van der Waals surface area contributed by atoms with Crippen molar-refractivity contribution in [3.8, 4) is 33.4 Å². The van der Waals surface area contributed by atoms with E-state index in [2.05, 4.69) is 121 Å². The Morgan fingerprint density at radius 2 is 1.00 bits per heavy atom. The molecule has 0 heterocycles. The molecule has 1 aliphatic rings. The highest BCUT2D eigenvalue weighted by Gasteiger charge is 2.23. The van der Waals surface area contributed by atoms with Crippen molar-refractivity contribution < 1.29 is 0 Å². The average molecular weight is 419 g/mol. The van der Waals surface area contributed by atoms with Crippen LogP contribution in [-0.4, -0.2) is 0 Å². The van der Waals surface area contributed by atoms with E-state index in [4.69, 9.17) is 0 Å². The summed E-state index contributed by atoms with van der Waals surface area (Å²) in [6.45, 7) is 0. The lowest BCUT2D eigenvalue weighted by Crippen LogP contribution is -1.87. The highest BCUT2D eigenvalue weighted by Crippen LogP contribution is 2.45. The molecule has 0 nitrogen and oxygen atoms in total. The van der Waals surface area contributed by atoms with Crippen LogP contribution in [0.25, 0.3) is 54.9 Å². The van der Waals surface area contributed by atoms with Crippen molar-refractivity contribution in [1.29, 1.82) is 0 Å². The van der Waals surface area contributed by atoms with Gasteiger partial charge >= 0.3 is 0 Å². The van der Waals surface area contributed by atoms with Gasteiger partial charge in [-0.3, -0.25) is 0 Å². The predicted molar refractivity (Wildman–Crippen MR) is 141 cm³/mol. The number of hydrogen-bond acceptors (Lipinski definition) is 0. The van der Waals surface area contributed by atoms with Gasteiger partial charge in [0.15, 0.2) is 0 Å². The molecular weight excluding hydrogens is 396 g/mol. The fourth-order valence-corrected chi connectivity index (χ4v) is 5.58. The summed E-state index contributed by atoms with van der Waals surface area (Å²) < 4.78 is 0. The third kappa shape index (κ3) is 2.84. The van der Waals surface area contributed by atoms with E-state index in [1.807, 2.05) is 0 Å². The lowest BCUT2D eigenvalue weighted by molar-refractivity contribution is 1.26. The van der Waals surface area contributed by atoms with Gasteiger partial charge in [-0.2, -0.15) is 0 Å². The van der Waals surface area contributed by atoms with Gasteiger partial charge in [0.25, 0.3) is 0 Å². The fourth-order valence-electron chi connectivity index (χ4n) is 5.58. The average Bonchev–Trinajstić information content (AvgIpc) is 3.26. The van der Waals surface area contributed by atoms with Crippen molar-refractivity contribution in [2.45, 2.75) is 6.42 Å². The van der Waals surface area contributed by atoms with Gasteiger partial charge < -0.3 is 0 Å². The molecule has 0 aromatic heterocycles. The Hall–Kier alpha value is -4.16. The molecule has 0 unspecified atom stereocenters. The Morgan fingerprint density at radius 3 is 1.79 bits per heavy atom. The zero-order valence-electron chi connectivity index (χ0n) is 18.3. The lowest BCUT2D eigenvalue weighted by atomic mass is 9.90. The number of benzene rings is 6. The summed E-state index contributed by atoms with van der Waals surface area (Å²) >= 11 is 0. The van der Waals surface area contributed by atoms with Gasteiger partial charge in [-0.05, 0) is 72.5 Å². The third-order valence-corrected chi connectivity index (χ3v) is 7.09. The highest BCUT2D eigenvalue weighted by atomic mass is 14.3. The molecule has 33 heavy (non-hydrogen) atoms. The first kappa shape index (κ1) is 18.4. The van der Waals surface area contributed by atoms with Crippen molar-refractivity contribution in [2.24, 2.45) is 0 Å². The number of rotatable bonds is 2. The Balaban J connectivity index is 1.41. The molecule has 0 heteroatoms. The molecule has 0 bridgehead atoms. The number of hydrogen-bond donors (Lipinski definition) is 0. The first-order valence-electron chi connectivity index (χ1n) is 11.6. The van der Waals surface area contributed by atoms with Gasteiger partial charge in [-0.1, -0.05) is 121 Å². The quantitative estimate of drug-likeness (QED) is 0.263. The van der Waals surface area contributed by atoms with Crippen LogP contribution in [0.5, 0.6) is 0 Å². The van der Waals surface area contributed by atoms with Crippen molar-refractivity contribution in [3.63, 3.8) is 0 Å². The van der Waals surface area contributed by atoms with E-state index in [0.717, 1.165) is 6.42 Å². The molecule has 0 saturated heterocycles. The van der Waals surface area contributed by atoms with Gasteiger partial charge in [0.1, 0.15) is 0 Å². The summed E-state index contributed by atoms with van der Waals surface area (Å²) in [6, 6.07) is 44.4. The molecule has 0 saturated carbocycles. The monoisotopic (exact) mass is 418 g/mol. The molecule has 0 radical (unpaired) electrons. The molecule has 154 valence electrons. The predicted octanol–water partition coefficient (Wildman–Crippen LogP) is 8.90. The summed E-state index contributed by atoms with van der Waals surface area (Å²) in [5.74, 6) is 0. The zero-order chi connectivity index (χ0) is 21.8. The molecule has 1 aliphatic carbocycles. The zero-order valence-corrected chi connectivity index (χ0v) is 18.3. The van der Waals surface area contributed by atoms with E-state index in [9.17, 15) is 0 Å². The molecule has 6 aromatic rings. The molecule has 0 atom stereocenters. The van der Waals surface area contributed by atoms with Crippen LogP contribution in [0.2, 0.25) is 0 Å². The molecule has 7 rings (SSSR count). The van der Waals surface area contributed by atoms with E-state index in [-0.39, 0.29) is 0 Å². The van der Waals surface area contributed by atoms with Gasteiger partial charge in [0.05, 0.1) is 0 Å². The minimum atomic E-state index is 0.988. The summed E-state index contributed by atoms with van der Waals surface area (Å²) in [5.41, 5.74) is 10.9. The summed E-state index contributed by atoms with van der Waals surface area (Å²) in [4.78, 5) is 0. The molecule has 0 spiro atoms. The molecular formula is C33H22. The molecule has 0 aliphatic heterocycles. The van der Waals surface area contributed by atoms with E-state index in [1.54, 1.807) is 0 Å². The first-order valence-corrected chi connectivity index (χ1v) is 11.6. The fraction of sp³-hybridized carbons (Fsp3) is 0.0303. The van der Waals surface area contributed by atoms with Crippen molar-refractivity contribution in [1.82, 2.24) is 0 Å². The Labute approximate surface area is 193 Å². The molecule has 6 aromatic carbocycles. The summed E-state index contributed by atoms with van der Waals surface area (Å²) in [5, 5.41) is 5.20. The van der Waals surface area contributed by atoms with E-state index in [0.29, 0.717) is 0 Å². The van der Waals surface area contributed by atoms with E-state index >= 15 is 0 Å². The second-order valence-electron chi connectivity index (χ2n) is 8.94. The largest absolute Gasteiger partial charge is 0.0616 e. The van der Waals surface area contributed by atoms with Crippen molar-refractivity contribution in [2.75, 3.05) is 0 Å². The van der Waals surface area contributed by atoms with Crippen LogP contribution in [0.3, 0.4) is 0 Å². The van der Waals surface area contributed by atoms with Crippen LogP contribution in [0.4, 0.5) is 0 Å². The van der Waals surface area contributed by atoms with Crippen molar-refractivity contribution in [3.05, 3.63) is 132 Å². The van der Waals surface area contributed by atoms with E-state index < -0.39 is 0 Å². The van der Waals surface area contributed by atoms with Gasteiger partial charge in [0.2, 0.25) is 0 Å². The van der Waals surface area contributed by atoms with Gasteiger partial charge in [-0.15, -0.1) is 0 Å². The Kier molecular flexibility index (Phi) is 4.01. The van der Waals surface area contributed by atoms with Gasteiger partial charge in [-0.25, -0.2) is 0 Å². The van der Waals surface area contributed by atoms with Crippen LogP contribution < -0.4 is 0 Å². The van der Waals surface area contributed by atoms with Crippen LogP contribution in [0.1, 0.15) is 11.1 Å². The third-order valence-electron chi connectivity index (χ3n) is 7.09. The minimum absolute atomic E-state index is 0.988. The number of fused-ring (bicyclic) bond motifs is 5. The Bertz CT molecular complexity index is 1680. The highest BCUT2D eigenvalue weighted by molar-refractivity contribution is 6.03. The van der Waals surface area contributed by atoms with Crippen LogP contribution in [0, 0.1) is 0 Å². The maximum Gasteiger partial charge on any atom is -0.00130 e. The standard InChI is InChI=1S/C33H22/c1-3-13-27-22(8-1)10-5-15-29(27)24-18-19-30-26(20-24)21-25-12-7-17-32(33(25)30)31-16-6-11-23-9-2-4-14-28(23)31/h1-20H,21H2. The second kappa shape index (κ2) is 7.18. The van der Waals surface area contributed by atoms with E-state index in [1.165, 1.54) is 66.1 Å². The maximum atomic E-state index is 2.41. The lowest BCUT2D eigenvalue weighted by Gasteiger charge is -2.13. The van der Waals surface area contributed by atoms with Gasteiger partial charge in [0, 0.05) is 0 Å². The van der Waals surface area contributed by atoms with Crippen LogP contribution in [0.15, 0.2) is 121 Å². The second-order valence-corrected chi connectivity index (χ2v) is 8.94. The summed E-state index contributed by atoms with van der Waals surface area (Å²) in [6.07, 6.45) is 0.988. The minimum Gasteiger partial charge on any atom is -0.0616 e. The maximum absolute atomic E-state index is 2.41. The van der Waals surface area contributed by atoms with Crippen LogP contribution in [-0.2, 0) is 6.42 Å². The Morgan fingerprint density at radius 1 is 0.394 bits per heavy atom. The normalized spacial score (nSPS) is 12.1. The molecule has 0 fully saturated rings. The van der Waals surface area contributed by atoms with Crippen molar-refractivity contribution >= 4 is 21.5 Å². The SMILES string of the molecule is c1cc2c(c(-c3cccc4ccccc34)c1)-c1ccc(-c3cccc4ccccc34)cc1C2. The first-order chi connectivity index (χ1) is 16.4. The topological polar surface area (TPSA) is 0 Å². The molecule has 0 amide bonds. The summed E-state index contributed by atoms with van der Waals surface area (Å²) in [7, 11) is 0. The molecule has 0 N–H and O–H groups in total.